The lowest BCUT2D eigenvalue weighted by Crippen LogP contribution is -2.43. The summed E-state index contributed by atoms with van der Waals surface area (Å²) in [5.74, 6) is 0.791. The van der Waals surface area contributed by atoms with Crippen LogP contribution in [-0.2, 0) is 18.4 Å². The number of aryl methyl sites for hydroxylation is 1. The normalized spacial score (nSPS) is 11.6. The first-order valence-corrected chi connectivity index (χ1v) is 8.49. The number of rotatable bonds is 6. The zero-order valence-corrected chi connectivity index (χ0v) is 17.9. The molecule has 25 heavy (non-hydrogen) atoms. The fourth-order valence-corrected chi connectivity index (χ4v) is 2.50. The second-order valence-electron chi connectivity index (χ2n) is 6.53. The molecule has 0 amide bonds. The van der Waals surface area contributed by atoms with Crippen LogP contribution in [0.2, 0.25) is 0 Å². The van der Waals surface area contributed by atoms with Crippen LogP contribution in [0.4, 0.5) is 0 Å². The Morgan fingerprint density at radius 1 is 1.08 bits per heavy atom. The van der Waals surface area contributed by atoms with E-state index in [1.165, 1.54) is 11.1 Å². The van der Waals surface area contributed by atoms with E-state index in [1.54, 1.807) is 13.2 Å². The molecule has 2 rings (SSSR count). The summed E-state index contributed by atoms with van der Waals surface area (Å²) in [6.45, 7) is 8.13. The second-order valence-corrected chi connectivity index (χ2v) is 6.53. The van der Waals surface area contributed by atoms with Crippen LogP contribution in [0.25, 0.3) is 0 Å². The predicted molar refractivity (Wildman–Crippen MR) is 117 cm³/mol. The number of pyridine rings is 1. The van der Waals surface area contributed by atoms with Gasteiger partial charge in [0.15, 0.2) is 5.96 Å². The minimum atomic E-state index is 0. The Kier molecular flexibility index (Phi) is 8.89. The van der Waals surface area contributed by atoms with Gasteiger partial charge in [0, 0.05) is 25.2 Å². The molecule has 1 heterocycles. The van der Waals surface area contributed by atoms with Crippen LogP contribution in [0.5, 0.6) is 0 Å². The third-order valence-corrected chi connectivity index (χ3v) is 4.23. The summed E-state index contributed by atoms with van der Waals surface area (Å²) in [6.07, 6.45) is 2.87. The van der Waals surface area contributed by atoms with E-state index in [-0.39, 0.29) is 29.4 Å². The van der Waals surface area contributed by atoms with Gasteiger partial charge in [-0.05, 0) is 29.7 Å². The maximum atomic E-state index is 4.31. The van der Waals surface area contributed by atoms with E-state index in [0.29, 0.717) is 6.54 Å². The summed E-state index contributed by atoms with van der Waals surface area (Å²) in [5, 5.41) is 6.72. The Bertz CT molecular complexity index is 651. The van der Waals surface area contributed by atoms with Gasteiger partial charge >= 0.3 is 0 Å². The maximum absolute atomic E-state index is 4.31. The van der Waals surface area contributed by atoms with Gasteiger partial charge in [-0.1, -0.05) is 51.1 Å². The maximum Gasteiger partial charge on any atom is 0.191 e. The summed E-state index contributed by atoms with van der Waals surface area (Å²) >= 11 is 0. The monoisotopic (exact) mass is 452 g/mol. The third kappa shape index (κ3) is 6.65. The van der Waals surface area contributed by atoms with Crippen molar-refractivity contribution in [1.29, 1.82) is 0 Å². The van der Waals surface area contributed by atoms with Crippen LogP contribution in [0.15, 0.2) is 53.7 Å². The van der Waals surface area contributed by atoms with Crippen molar-refractivity contribution < 1.29 is 0 Å². The predicted octanol–water partition coefficient (Wildman–Crippen LogP) is 3.90. The van der Waals surface area contributed by atoms with Gasteiger partial charge < -0.3 is 10.6 Å². The zero-order chi connectivity index (χ0) is 17.4. The number of hydrogen-bond donors (Lipinski definition) is 2. The molecule has 4 nitrogen and oxygen atoms in total. The summed E-state index contributed by atoms with van der Waals surface area (Å²) < 4.78 is 0. The molecule has 0 bridgehead atoms. The lowest BCUT2D eigenvalue weighted by atomic mass is 9.84. The van der Waals surface area contributed by atoms with Gasteiger partial charge in [0.25, 0.3) is 0 Å². The molecule has 0 unspecified atom stereocenters. The van der Waals surface area contributed by atoms with E-state index >= 15 is 0 Å². The lowest BCUT2D eigenvalue weighted by Gasteiger charge is -2.27. The Morgan fingerprint density at radius 2 is 1.80 bits per heavy atom. The topological polar surface area (TPSA) is 49.3 Å². The molecule has 0 aliphatic carbocycles. The van der Waals surface area contributed by atoms with Crippen molar-refractivity contribution in [2.24, 2.45) is 4.99 Å². The Morgan fingerprint density at radius 3 is 2.36 bits per heavy atom. The molecule has 1 aromatic carbocycles. The number of hydrogen-bond acceptors (Lipinski definition) is 2. The Labute approximate surface area is 168 Å². The first-order chi connectivity index (χ1) is 11.5. The standard InChI is InChI=1S/C20H28N4.HI/c1-5-16-9-11-17(12-10-16)20(2,3)15-24-19(21-4)23-14-18-8-6-7-13-22-18;/h6-13H,5,14-15H2,1-4H3,(H2,21,23,24);1H. The van der Waals surface area contributed by atoms with E-state index in [4.69, 9.17) is 0 Å². The number of nitrogens with one attached hydrogen (secondary N) is 2. The van der Waals surface area contributed by atoms with E-state index in [1.807, 2.05) is 18.2 Å². The molecule has 0 atom stereocenters. The number of aliphatic imine (C=N–C) groups is 1. The van der Waals surface area contributed by atoms with Crippen LogP contribution in [-0.4, -0.2) is 24.5 Å². The van der Waals surface area contributed by atoms with Gasteiger partial charge in [0.05, 0.1) is 12.2 Å². The van der Waals surface area contributed by atoms with Crippen molar-refractivity contribution in [3.05, 3.63) is 65.5 Å². The van der Waals surface area contributed by atoms with Crippen molar-refractivity contribution in [2.45, 2.75) is 39.2 Å². The number of benzene rings is 1. The molecular formula is C20H29IN4. The van der Waals surface area contributed by atoms with Crippen molar-refractivity contribution in [3.8, 4) is 0 Å². The van der Waals surface area contributed by atoms with Gasteiger partial charge in [-0.15, -0.1) is 24.0 Å². The molecular weight excluding hydrogens is 423 g/mol. The van der Waals surface area contributed by atoms with Gasteiger partial charge in [-0.2, -0.15) is 0 Å². The fraction of sp³-hybridized carbons (Fsp3) is 0.400. The SMILES string of the molecule is CCc1ccc(C(C)(C)CNC(=NC)NCc2ccccn2)cc1.I. The number of guanidine groups is 1. The molecule has 0 aliphatic rings. The third-order valence-electron chi connectivity index (χ3n) is 4.23. The molecule has 136 valence electrons. The van der Waals surface area contributed by atoms with E-state index in [9.17, 15) is 0 Å². The average Bonchev–Trinajstić information content (AvgIpc) is 2.62. The van der Waals surface area contributed by atoms with Gasteiger partial charge in [-0.25, -0.2) is 0 Å². The summed E-state index contributed by atoms with van der Waals surface area (Å²) in [4.78, 5) is 8.61. The molecule has 1 aromatic heterocycles. The Hall–Kier alpha value is -1.63. The number of nitrogens with zero attached hydrogens (tertiary/aromatic N) is 2. The summed E-state index contributed by atoms with van der Waals surface area (Å²) in [5.41, 5.74) is 3.71. The molecule has 0 aliphatic heterocycles. The van der Waals surface area contributed by atoms with Crippen molar-refractivity contribution in [2.75, 3.05) is 13.6 Å². The van der Waals surface area contributed by atoms with Crippen LogP contribution < -0.4 is 10.6 Å². The molecule has 0 radical (unpaired) electrons. The van der Waals surface area contributed by atoms with Gasteiger partial charge in [-0.3, -0.25) is 9.98 Å². The van der Waals surface area contributed by atoms with Crippen LogP contribution in [0.3, 0.4) is 0 Å². The quantitative estimate of drug-likeness (QED) is 0.397. The highest BCUT2D eigenvalue weighted by Crippen LogP contribution is 2.22. The molecule has 0 spiro atoms. The largest absolute Gasteiger partial charge is 0.356 e. The second kappa shape index (κ2) is 10.4. The highest BCUT2D eigenvalue weighted by atomic mass is 127. The van der Waals surface area contributed by atoms with E-state index in [2.05, 4.69) is 65.6 Å². The first-order valence-electron chi connectivity index (χ1n) is 8.49. The smallest absolute Gasteiger partial charge is 0.191 e. The van der Waals surface area contributed by atoms with Crippen molar-refractivity contribution in [3.63, 3.8) is 0 Å². The van der Waals surface area contributed by atoms with Crippen molar-refractivity contribution in [1.82, 2.24) is 15.6 Å². The molecule has 5 heteroatoms. The highest BCUT2D eigenvalue weighted by Gasteiger charge is 2.20. The molecule has 0 fully saturated rings. The van der Waals surface area contributed by atoms with Gasteiger partial charge in [0.2, 0.25) is 0 Å². The van der Waals surface area contributed by atoms with Crippen LogP contribution in [0, 0.1) is 0 Å². The summed E-state index contributed by atoms with van der Waals surface area (Å²) in [7, 11) is 1.79. The van der Waals surface area contributed by atoms with Gasteiger partial charge in [0.1, 0.15) is 0 Å². The van der Waals surface area contributed by atoms with E-state index in [0.717, 1.165) is 24.6 Å². The van der Waals surface area contributed by atoms with E-state index < -0.39 is 0 Å². The zero-order valence-electron chi connectivity index (χ0n) is 15.5. The molecule has 2 N–H and O–H groups in total. The first kappa shape index (κ1) is 21.4. The van der Waals surface area contributed by atoms with Crippen LogP contribution in [0.1, 0.15) is 37.6 Å². The molecule has 0 saturated carbocycles. The fourth-order valence-electron chi connectivity index (χ4n) is 2.50. The molecule has 0 saturated heterocycles. The minimum Gasteiger partial charge on any atom is -0.356 e. The minimum absolute atomic E-state index is 0. The molecule has 2 aromatic rings. The van der Waals surface area contributed by atoms with Crippen molar-refractivity contribution >= 4 is 29.9 Å². The summed E-state index contributed by atoms with van der Waals surface area (Å²) in [6, 6.07) is 14.8. The van der Waals surface area contributed by atoms with Crippen LogP contribution >= 0.6 is 24.0 Å². The highest BCUT2D eigenvalue weighted by molar-refractivity contribution is 14.0. The number of halogens is 1. The average molecular weight is 452 g/mol. The number of aromatic nitrogens is 1. The Balaban J connectivity index is 0.00000312. The lowest BCUT2D eigenvalue weighted by molar-refractivity contribution is 0.508.